The van der Waals surface area contributed by atoms with E-state index in [2.05, 4.69) is 0 Å². The van der Waals surface area contributed by atoms with E-state index in [9.17, 15) is 14.9 Å². The number of hydrogen-bond donors (Lipinski definition) is 0. The zero-order valence-corrected chi connectivity index (χ0v) is 13.1. The summed E-state index contributed by atoms with van der Waals surface area (Å²) in [7, 11) is 1.62. The Balaban J connectivity index is 2.18. The molecule has 0 radical (unpaired) electrons. The zero-order valence-electron chi connectivity index (χ0n) is 11.6. The molecule has 114 valence electrons. The standard InChI is InChI=1S/C15H12Cl2N2O3/c1-18(9-10-2-5-12(16)6-3-10)15(20)11-4-7-13(17)14(8-11)19(21)22/h2-8H,9H2,1H3. The fourth-order valence-corrected chi connectivity index (χ4v) is 2.25. The number of rotatable bonds is 4. The first-order valence-electron chi connectivity index (χ1n) is 6.32. The summed E-state index contributed by atoms with van der Waals surface area (Å²) < 4.78 is 0. The molecule has 0 saturated heterocycles. The minimum atomic E-state index is -0.613. The van der Waals surface area contributed by atoms with Crippen molar-refractivity contribution in [2.75, 3.05) is 7.05 Å². The van der Waals surface area contributed by atoms with Crippen LogP contribution in [-0.4, -0.2) is 22.8 Å². The van der Waals surface area contributed by atoms with Gasteiger partial charge in [-0.25, -0.2) is 0 Å². The molecule has 0 atom stereocenters. The third-order valence-corrected chi connectivity index (χ3v) is 3.64. The average Bonchev–Trinajstić information content (AvgIpc) is 2.49. The van der Waals surface area contributed by atoms with Gasteiger partial charge in [0.15, 0.2) is 0 Å². The molecule has 0 saturated carbocycles. The van der Waals surface area contributed by atoms with E-state index in [0.29, 0.717) is 11.6 Å². The summed E-state index contributed by atoms with van der Waals surface area (Å²) in [5, 5.41) is 11.5. The molecule has 0 spiro atoms. The molecule has 0 bridgehead atoms. The van der Waals surface area contributed by atoms with Gasteiger partial charge in [-0.2, -0.15) is 0 Å². The van der Waals surface area contributed by atoms with Crippen LogP contribution in [0.15, 0.2) is 42.5 Å². The maximum Gasteiger partial charge on any atom is 0.288 e. The molecule has 0 unspecified atom stereocenters. The van der Waals surface area contributed by atoms with Crippen molar-refractivity contribution in [3.63, 3.8) is 0 Å². The van der Waals surface area contributed by atoms with Crippen molar-refractivity contribution in [3.05, 3.63) is 73.8 Å². The molecule has 0 heterocycles. The van der Waals surface area contributed by atoms with Gasteiger partial charge in [-0.15, -0.1) is 0 Å². The molecule has 0 aliphatic carbocycles. The van der Waals surface area contributed by atoms with Crippen molar-refractivity contribution in [2.24, 2.45) is 0 Å². The molecular weight excluding hydrogens is 327 g/mol. The smallest absolute Gasteiger partial charge is 0.288 e. The summed E-state index contributed by atoms with van der Waals surface area (Å²) in [6.45, 7) is 0.367. The van der Waals surface area contributed by atoms with Gasteiger partial charge >= 0.3 is 0 Å². The number of nitro groups is 1. The van der Waals surface area contributed by atoms with E-state index in [1.807, 2.05) is 12.1 Å². The van der Waals surface area contributed by atoms with Crippen LogP contribution in [0.5, 0.6) is 0 Å². The van der Waals surface area contributed by atoms with E-state index in [0.717, 1.165) is 5.56 Å². The highest BCUT2D eigenvalue weighted by Crippen LogP contribution is 2.25. The number of amides is 1. The first-order valence-corrected chi connectivity index (χ1v) is 7.08. The van der Waals surface area contributed by atoms with Crippen LogP contribution in [0.3, 0.4) is 0 Å². The molecule has 0 N–H and O–H groups in total. The van der Waals surface area contributed by atoms with Gasteiger partial charge in [-0.1, -0.05) is 35.3 Å². The first-order chi connectivity index (χ1) is 10.4. The highest BCUT2D eigenvalue weighted by atomic mass is 35.5. The van der Waals surface area contributed by atoms with Crippen LogP contribution >= 0.6 is 23.2 Å². The largest absolute Gasteiger partial charge is 0.337 e. The van der Waals surface area contributed by atoms with E-state index in [-0.39, 0.29) is 22.2 Å². The summed E-state index contributed by atoms with van der Waals surface area (Å²) in [6.07, 6.45) is 0. The van der Waals surface area contributed by atoms with Crippen LogP contribution in [0.4, 0.5) is 5.69 Å². The Morgan fingerprint density at radius 2 is 1.82 bits per heavy atom. The summed E-state index contributed by atoms with van der Waals surface area (Å²) in [5.74, 6) is -0.324. The van der Waals surface area contributed by atoms with Gasteiger partial charge in [0, 0.05) is 30.2 Å². The van der Waals surface area contributed by atoms with E-state index in [1.165, 1.54) is 23.1 Å². The molecule has 2 rings (SSSR count). The second-order valence-electron chi connectivity index (χ2n) is 4.71. The Morgan fingerprint density at radius 3 is 2.41 bits per heavy atom. The monoisotopic (exact) mass is 338 g/mol. The maximum atomic E-state index is 12.3. The van der Waals surface area contributed by atoms with Crippen LogP contribution in [0.2, 0.25) is 10.0 Å². The Bertz CT molecular complexity index is 717. The fraction of sp³-hybridized carbons (Fsp3) is 0.133. The Kier molecular flexibility index (Phi) is 5.00. The number of halogens is 2. The molecule has 0 aliphatic heterocycles. The van der Waals surface area contributed by atoms with Gasteiger partial charge in [-0.05, 0) is 29.8 Å². The number of carbonyl (C=O) groups is 1. The second kappa shape index (κ2) is 6.77. The number of benzene rings is 2. The third-order valence-electron chi connectivity index (χ3n) is 3.07. The van der Waals surface area contributed by atoms with Crippen LogP contribution in [0, 0.1) is 10.1 Å². The van der Waals surface area contributed by atoms with Crippen LogP contribution in [0.25, 0.3) is 0 Å². The van der Waals surface area contributed by atoms with E-state index >= 15 is 0 Å². The maximum absolute atomic E-state index is 12.3. The van der Waals surface area contributed by atoms with Gasteiger partial charge < -0.3 is 4.90 Å². The number of carbonyl (C=O) groups excluding carboxylic acids is 1. The normalized spacial score (nSPS) is 10.3. The lowest BCUT2D eigenvalue weighted by Gasteiger charge is -2.17. The Labute approximate surface area is 137 Å². The number of hydrogen-bond acceptors (Lipinski definition) is 3. The van der Waals surface area contributed by atoms with Crippen LogP contribution < -0.4 is 0 Å². The lowest BCUT2D eigenvalue weighted by atomic mass is 10.1. The van der Waals surface area contributed by atoms with E-state index in [1.54, 1.807) is 19.2 Å². The summed E-state index contributed by atoms with van der Waals surface area (Å²) in [6, 6.07) is 11.1. The van der Waals surface area contributed by atoms with Gasteiger partial charge in [0.25, 0.3) is 11.6 Å². The Hall–Kier alpha value is -2.11. The van der Waals surface area contributed by atoms with Crippen molar-refractivity contribution in [3.8, 4) is 0 Å². The zero-order chi connectivity index (χ0) is 16.3. The van der Waals surface area contributed by atoms with E-state index < -0.39 is 4.92 Å². The molecule has 0 fully saturated rings. The molecular formula is C15H12Cl2N2O3. The molecule has 5 nitrogen and oxygen atoms in total. The third kappa shape index (κ3) is 3.75. The van der Waals surface area contributed by atoms with Crippen molar-refractivity contribution in [1.29, 1.82) is 0 Å². The quantitative estimate of drug-likeness (QED) is 0.620. The lowest BCUT2D eigenvalue weighted by Crippen LogP contribution is -2.26. The second-order valence-corrected chi connectivity index (χ2v) is 5.55. The minimum absolute atomic E-state index is 0.00176. The molecule has 0 aromatic heterocycles. The van der Waals surface area contributed by atoms with Crippen LogP contribution in [-0.2, 0) is 6.54 Å². The number of nitrogens with zero attached hydrogens (tertiary/aromatic N) is 2. The topological polar surface area (TPSA) is 63.5 Å². The molecule has 7 heteroatoms. The van der Waals surface area contributed by atoms with Crippen molar-refractivity contribution >= 4 is 34.8 Å². The first kappa shape index (κ1) is 16.3. The Morgan fingerprint density at radius 1 is 1.18 bits per heavy atom. The van der Waals surface area contributed by atoms with Gasteiger partial charge in [0.1, 0.15) is 5.02 Å². The minimum Gasteiger partial charge on any atom is -0.337 e. The van der Waals surface area contributed by atoms with Crippen molar-refractivity contribution in [2.45, 2.75) is 6.54 Å². The van der Waals surface area contributed by atoms with Gasteiger partial charge in [0.05, 0.1) is 4.92 Å². The van der Waals surface area contributed by atoms with Gasteiger partial charge in [0.2, 0.25) is 0 Å². The number of nitro benzene ring substituents is 1. The SMILES string of the molecule is CN(Cc1ccc(Cl)cc1)C(=O)c1ccc(Cl)c([N+](=O)[O-])c1. The highest BCUT2D eigenvalue weighted by Gasteiger charge is 2.18. The molecule has 2 aromatic rings. The molecule has 0 aliphatic rings. The molecule has 1 amide bonds. The average molecular weight is 339 g/mol. The van der Waals surface area contributed by atoms with E-state index in [4.69, 9.17) is 23.2 Å². The summed E-state index contributed by atoms with van der Waals surface area (Å²) >= 11 is 11.6. The fourth-order valence-electron chi connectivity index (χ4n) is 1.94. The predicted octanol–water partition coefficient (Wildman–Crippen LogP) is 4.17. The van der Waals surface area contributed by atoms with Crippen molar-refractivity contribution in [1.82, 2.24) is 4.90 Å². The summed E-state index contributed by atoms with van der Waals surface area (Å²) in [5.41, 5.74) is 0.837. The molecule has 22 heavy (non-hydrogen) atoms. The van der Waals surface area contributed by atoms with Crippen LogP contribution in [0.1, 0.15) is 15.9 Å². The van der Waals surface area contributed by atoms with Crippen molar-refractivity contribution < 1.29 is 9.72 Å². The van der Waals surface area contributed by atoms with Gasteiger partial charge in [-0.3, -0.25) is 14.9 Å². The predicted molar refractivity (Wildman–Crippen MR) is 85.4 cm³/mol. The summed E-state index contributed by atoms with van der Waals surface area (Å²) in [4.78, 5) is 24.1. The molecule has 2 aromatic carbocycles. The lowest BCUT2D eigenvalue weighted by molar-refractivity contribution is -0.384. The highest BCUT2D eigenvalue weighted by molar-refractivity contribution is 6.32.